The molecule has 0 amide bonds. The second kappa shape index (κ2) is 7.00. The molecule has 0 saturated carbocycles. The molecule has 5 nitrogen and oxygen atoms in total. The summed E-state index contributed by atoms with van der Waals surface area (Å²) >= 11 is 0. The molecule has 0 aliphatic heterocycles. The van der Waals surface area contributed by atoms with E-state index in [0.717, 1.165) is 22.9 Å². The average Bonchev–Trinajstić information content (AvgIpc) is 2.58. The summed E-state index contributed by atoms with van der Waals surface area (Å²) in [5.41, 5.74) is 4.36. The topological polar surface area (TPSA) is 59.1 Å². The molecule has 0 radical (unpaired) electrons. The van der Waals surface area contributed by atoms with Gasteiger partial charge in [0.05, 0.1) is 7.11 Å². The Kier molecular flexibility index (Phi) is 4.61. The van der Waals surface area contributed by atoms with Crippen LogP contribution in [0.5, 0.6) is 5.75 Å². The van der Waals surface area contributed by atoms with E-state index in [-0.39, 0.29) is 0 Å². The van der Waals surface area contributed by atoms with Crippen LogP contribution < -0.4 is 15.4 Å². The van der Waals surface area contributed by atoms with E-state index in [4.69, 9.17) is 4.74 Å². The summed E-state index contributed by atoms with van der Waals surface area (Å²) in [7, 11) is 1.65. The van der Waals surface area contributed by atoms with E-state index in [1.54, 1.807) is 7.11 Å². The van der Waals surface area contributed by atoms with Gasteiger partial charge in [-0.25, -0.2) is 9.97 Å². The highest BCUT2D eigenvalue weighted by atomic mass is 16.5. The Labute approximate surface area is 141 Å². The highest BCUT2D eigenvalue weighted by Crippen LogP contribution is 2.23. The first kappa shape index (κ1) is 15.8. The van der Waals surface area contributed by atoms with Crippen LogP contribution in [-0.4, -0.2) is 17.1 Å². The van der Waals surface area contributed by atoms with E-state index in [2.05, 4.69) is 52.6 Å². The molecule has 0 aliphatic rings. The number of hydrogen-bond donors (Lipinski definition) is 2. The summed E-state index contributed by atoms with van der Waals surface area (Å²) in [6, 6.07) is 15.8. The van der Waals surface area contributed by atoms with Gasteiger partial charge in [0.2, 0.25) is 0 Å². The number of aromatic nitrogens is 2. The molecule has 2 aromatic carbocycles. The molecule has 122 valence electrons. The van der Waals surface area contributed by atoms with Crippen molar-refractivity contribution in [3.63, 3.8) is 0 Å². The molecule has 0 atom stereocenters. The predicted octanol–water partition coefficient (Wildman–Crippen LogP) is 4.59. The number of methoxy groups -OCH3 is 1. The van der Waals surface area contributed by atoms with E-state index in [1.807, 2.05) is 30.3 Å². The summed E-state index contributed by atoms with van der Waals surface area (Å²) in [6.07, 6.45) is 1.54. The van der Waals surface area contributed by atoms with Crippen LogP contribution in [0, 0.1) is 13.8 Å². The lowest BCUT2D eigenvalue weighted by molar-refractivity contribution is 0.415. The molecule has 5 heteroatoms. The zero-order valence-corrected chi connectivity index (χ0v) is 14.0. The van der Waals surface area contributed by atoms with Crippen LogP contribution in [0.25, 0.3) is 0 Å². The summed E-state index contributed by atoms with van der Waals surface area (Å²) in [6.45, 7) is 4.16. The second-order valence-electron chi connectivity index (χ2n) is 5.59. The number of nitrogens with zero attached hydrogens (tertiary/aromatic N) is 2. The third kappa shape index (κ3) is 3.81. The summed E-state index contributed by atoms with van der Waals surface area (Å²) in [5, 5.41) is 6.59. The first-order chi connectivity index (χ1) is 11.6. The standard InChI is InChI=1S/C19H20N4O/c1-13-7-8-17(14(2)9-13)23-19-11-18(20-12-21-19)22-15-5-4-6-16(10-15)24-3/h4-12H,1-3H3,(H2,20,21,22,23). The molecule has 3 aromatic rings. The summed E-state index contributed by atoms with van der Waals surface area (Å²) < 4.78 is 5.23. The first-order valence-electron chi connectivity index (χ1n) is 7.71. The van der Waals surface area contributed by atoms with Gasteiger partial charge in [-0.3, -0.25) is 0 Å². The van der Waals surface area contributed by atoms with E-state index in [1.165, 1.54) is 17.5 Å². The normalized spacial score (nSPS) is 10.3. The number of anilines is 4. The second-order valence-corrected chi connectivity index (χ2v) is 5.59. The Balaban J connectivity index is 1.78. The van der Waals surface area contributed by atoms with Gasteiger partial charge in [-0.2, -0.15) is 0 Å². The highest BCUT2D eigenvalue weighted by molar-refractivity contribution is 5.65. The van der Waals surface area contributed by atoms with Gasteiger partial charge < -0.3 is 15.4 Å². The molecule has 0 spiro atoms. The molecule has 0 bridgehead atoms. The van der Waals surface area contributed by atoms with Crippen LogP contribution in [-0.2, 0) is 0 Å². The molecule has 1 aromatic heterocycles. The fourth-order valence-corrected chi connectivity index (χ4v) is 2.43. The van der Waals surface area contributed by atoms with Gasteiger partial charge in [0.25, 0.3) is 0 Å². The minimum Gasteiger partial charge on any atom is -0.497 e. The number of hydrogen-bond acceptors (Lipinski definition) is 5. The van der Waals surface area contributed by atoms with Gasteiger partial charge in [-0.1, -0.05) is 23.8 Å². The molecule has 2 N–H and O–H groups in total. The number of nitrogens with one attached hydrogen (secondary N) is 2. The predicted molar refractivity (Wildman–Crippen MR) is 97.5 cm³/mol. The molecule has 0 fully saturated rings. The van der Waals surface area contributed by atoms with Crippen LogP contribution >= 0.6 is 0 Å². The zero-order valence-electron chi connectivity index (χ0n) is 14.0. The Hall–Kier alpha value is -3.08. The van der Waals surface area contributed by atoms with Gasteiger partial charge in [-0.05, 0) is 37.6 Å². The Bertz CT molecular complexity index is 848. The lowest BCUT2D eigenvalue weighted by Gasteiger charge is -2.11. The van der Waals surface area contributed by atoms with Gasteiger partial charge in [0.1, 0.15) is 23.7 Å². The molecule has 3 rings (SSSR count). The third-order valence-electron chi connectivity index (χ3n) is 3.65. The molecule has 24 heavy (non-hydrogen) atoms. The van der Waals surface area contributed by atoms with Crippen molar-refractivity contribution in [1.29, 1.82) is 0 Å². The largest absolute Gasteiger partial charge is 0.497 e. The fourth-order valence-electron chi connectivity index (χ4n) is 2.43. The summed E-state index contributed by atoms with van der Waals surface area (Å²) in [4.78, 5) is 8.55. The lowest BCUT2D eigenvalue weighted by Crippen LogP contribution is -1.99. The van der Waals surface area contributed by atoms with Crippen molar-refractivity contribution in [2.45, 2.75) is 13.8 Å². The van der Waals surface area contributed by atoms with Crippen molar-refractivity contribution in [3.8, 4) is 5.75 Å². The van der Waals surface area contributed by atoms with Crippen LogP contribution in [0.1, 0.15) is 11.1 Å². The van der Waals surface area contributed by atoms with E-state index in [0.29, 0.717) is 5.82 Å². The maximum atomic E-state index is 5.23. The van der Waals surface area contributed by atoms with Crippen LogP contribution in [0.2, 0.25) is 0 Å². The van der Waals surface area contributed by atoms with Crippen molar-refractivity contribution < 1.29 is 4.74 Å². The minimum atomic E-state index is 0.713. The maximum Gasteiger partial charge on any atom is 0.135 e. The Morgan fingerprint density at radius 2 is 1.67 bits per heavy atom. The fraction of sp³-hybridized carbons (Fsp3) is 0.158. The first-order valence-corrected chi connectivity index (χ1v) is 7.71. The number of rotatable bonds is 5. The average molecular weight is 320 g/mol. The number of benzene rings is 2. The molecule has 0 saturated heterocycles. The molecular formula is C19H20N4O. The quantitative estimate of drug-likeness (QED) is 0.720. The Morgan fingerprint density at radius 3 is 2.42 bits per heavy atom. The maximum absolute atomic E-state index is 5.23. The molecule has 0 unspecified atom stereocenters. The third-order valence-corrected chi connectivity index (χ3v) is 3.65. The minimum absolute atomic E-state index is 0.713. The van der Waals surface area contributed by atoms with Crippen molar-refractivity contribution in [2.24, 2.45) is 0 Å². The zero-order chi connectivity index (χ0) is 16.9. The lowest BCUT2D eigenvalue weighted by atomic mass is 10.1. The monoisotopic (exact) mass is 320 g/mol. The molecular weight excluding hydrogens is 300 g/mol. The van der Waals surface area contributed by atoms with Gasteiger partial charge in [-0.15, -0.1) is 0 Å². The van der Waals surface area contributed by atoms with E-state index in [9.17, 15) is 0 Å². The van der Waals surface area contributed by atoms with Crippen LogP contribution in [0.4, 0.5) is 23.0 Å². The SMILES string of the molecule is COc1cccc(Nc2cc(Nc3ccc(C)cc3C)ncn2)c1. The molecule has 0 aliphatic carbocycles. The highest BCUT2D eigenvalue weighted by Gasteiger charge is 2.03. The van der Waals surface area contributed by atoms with Crippen molar-refractivity contribution in [1.82, 2.24) is 9.97 Å². The number of ether oxygens (including phenoxy) is 1. The van der Waals surface area contributed by atoms with Crippen molar-refractivity contribution in [3.05, 3.63) is 66.0 Å². The molecule has 1 heterocycles. The van der Waals surface area contributed by atoms with Gasteiger partial charge in [0.15, 0.2) is 0 Å². The van der Waals surface area contributed by atoms with Crippen molar-refractivity contribution >= 4 is 23.0 Å². The number of aryl methyl sites for hydroxylation is 2. The van der Waals surface area contributed by atoms with Gasteiger partial charge in [0, 0.05) is 23.5 Å². The van der Waals surface area contributed by atoms with Crippen LogP contribution in [0.15, 0.2) is 54.9 Å². The summed E-state index contributed by atoms with van der Waals surface area (Å²) in [5.74, 6) is 2.25. The Morgan fingerprint density at radius 1 is 0.875 bits per heavy atom. The van der Waals surface area contributed by atoms with Gasteiger partial charge >= 0.3 is 0 Å². The van der Waals surface area contributed by atoms with E-state index >= 15 is 0 Å². The smallest absolute Gasteiger partial charge is 0.135 e. The van der Waals surface area contributed by atoms with Crippen LogP contribution in [0.3, 0.4) is 0 Å². The van der Waals surface area contributed by atoms with Crippen molar-refractivity contribution in [2.75, 3.05) is 17.7 Å². The van der Waals surface area contributed by atoms with E-state index < -0.39 is 0 Å².